The van der Waals surface area contributed by atoms with E-state index in [2.05, 4.69) is 20.8 Å². The fourth-order valence-corrected chi connectivity index (χ4v) is 5.58. The molecule has 0 bridgehead atoms. The lowest BCUT2D eigenvalue weighted by atomic mass is 9.43. The second-order valence-electron chi connectivity index (χ2n) is 8.94. The summed E-state index contributed by atoms with van der Waals surface area (Å²) in [4.78, 5) is 0. The highest BCUT2D eigenvalue weighted by atomic mass is 16.4. The van der Waals surface area contributed by atoms with Crippen molar-refractivity contribution in [2.45, 2.75) is 77.6 Å². The first-order valence-corrected chi connectivity index (χ1v) is 9.22. The Labute approximate surface area is 144 Å². The summed E-state index contributed by atoms with van der Waals surface area (Å²) in [6, 6.07) is 2.01. The van der Waals surface area contributed by atoms with Gasteiger partial charge in [0.2, 0.25) is 0 Å². The van der Waals surface area contributed by atoms with E-state index in [0.29, 0.717) is 12.3 Å². The maximum absolute atomic E-state index is 11.1. The van der Waals surface area contributed by atoms with Crippen molar-refractivity contribution < 1.29 is 19.7 Å². The van der Waals surface area contributed by atoms with Gasteiger partial charge < -0.3 is 19.7 Å². The first-order valence-electron chi connectivity index (χ1n) is 9.22. The summed E-state index contributed by atoms with van der Waals surface area (Å²) < 4.78 is 5.19. The molecule has 1 aromatic heterocycles. The van der Waals surface area contributed by atoms with Crippen molar-refractivity contribution in [3.05, 3.63) is 24.2 Å². The molecule has 4 heteroatoms. The van der Waals surface area contributed by atoms with E-state index in [1.165, 1.54) is 5.56 Å². The van der Waals surface area contributed by atoms with Crippen LogP contribution in [0.2, 0.25) is 0 Å². The molecule has 0 radical (unpaired) electrons. The number of aliphatic hydroxyl groups is 3. The average Bonchev–Trinajstić information content (AvgIpc) is 3.05. The Kier molecular flexibility index (Phi) is 4.38. The van der Waals surface area contributed by atoms with E-state index in [1.807, 2.05) is 6.07 Å². The van der Waals surface area contributed by atoms with Crippen molar-refractivity contribution in [3.63, 3.8) is 0 Å². The van der Waals surface area contributed by atoms with Crippen molar-refractivity contribution >= 4 is 0 Å². The normalized spacial score (nSPS) is 49.0. The highest BCUT2D eigenvalue weighted by Gasteiger charge is 2.64. The van der Waals surface area contributed by atoms with Gasteiger partial charge in [-0.25, -0.2) is 0 Å². The van der Waals surface area contributed by atoms with Crippen molar-refractivity contribution in [1.82, 2.24) is 0 Å². The predicted octanol–water partition coefficient (Wildman–Crippen LogP) is 3.15. The number of aliphatic hydroxyl groups excluding tert-OH is 2. The monoisotopic (exact) mass is 336 g/mol. The van der Waals surface area contributed by atoms with Gasteiger partial charge in [-0.1, -0.05) is 20.8 Å². The molecule has 24 heavy (non-hydrogen) atoms. The Morgan fingerprint density at radius 1 is 1.25 bits per heavy atom. The van der Waals surface area contributed by atoms with Gasteiger partial charge in [0.25, 0.3) is 0 Å². The molecule has 1 aromatic rings. The Balaban J connectivity index is 1.93. The van der Waals surface area contributed by atoms with Crippen molar-refractivity contribution in [1.29, 1.82) is 0 Å². The van der Waals surface area contributed by atoms with Gasteiger partial charge in [0.15, 0.2) is 0 Å². The molecular weight excluding hydrogens is 304 g/mol. The van der Waals surface area contributed by atoms with Crippen LogP contribution in [0, 0.1) is 22.7 Å². The van der Waals surface area contributed by atoms with Crippen LogP contribution in [0.4, 0.5) is 0 Å². The highest BCUT2D eigenvalue weighted by molar-refractivity contribution is 5.15. The summed E-state index contributed by atoms with van der Waals surface area (Å²) in [5.41, 5.74) is -0.454. The number of hydrogen-bond donors (Lipinski definition) is 3. The average molecular weight is 336 g/mol. The second-order valence-corrected chi connectivity index (χ2v) is 8.94. The first kappa shape index (κ1) is 18.0. The number of rotatable bonds is 3. The smallest absolute Gasteiger partial charge is 0.109 e. The van der Waals surface area contributed by atoms with Crippen molar-refractivity contribution in [3.8, 4) is 0 Å². The van der Waals surface area contributed by atoms with Crippen LogP contribution in [-0.2, 0) is 6.42 Å². The van der Waals surface area contributed by atoms with E-state index in [-0.39, 0.29) is 16.7 Å². The van der Waals surface area contributed by atoms with E-state index in [4.69, 9.17) is 4.42 Å². The van der Waals surface area contributed by atoms with Crippen LogP contribution in [0.3, 0.4) is 0 Å². The fourth-order valence-electron chi connectivity index (χ4n) is 5.58. The number of hydrogen-bond acceptors (Lipinski definition) is 4. The van der Waals surface area contributed by atoms with Gasteiger partial charge in [0.05, 0.1) is 24.2 Å². The van der Waals surface area contributed by atoms with Gasteiger partial charge in [-0.15, -0.1) is 0 Å². The Morgan fingerprint density at radius 2 is 1.96 bits per heavy atom. The van der Waals surface area contributed by atoms with Crippen LogP contribution in [0.1, 0.15) is 58.9 Å². The minimum Gasteiger partial charge on any atom is -0.472 e. The molecule has 0 aromatic carbocycles. The van der Waals surface area contributed by atoms with Crippen LogP contribution in [0.25, 0.3) is 0 Å². The predicted molar refractivity (Wildman–Crippen MR) is 92.4 cm³/mol. The zero-order valence-corrected chi connectivity index (χ0v) is 15.3. The summed E-state index contributed by atoms with van der Waals surface area (Å²) in [6.45, 7) is 8.41. The van der Waals surface area contributed by atoms with E-state index in [9.17, 15) is 15.3 Å². The van der Waals surface area contributed by atoms with E-state index < -0.39 is 17.8 Å². The quantitative estimate of drug-likeness (QED) is 0.793. The minimum absolute atomic E-state index is 0.00931. The lowest BCUT2D eigenvalue weighted by Gasteiger charge is -2.64. The third kappa shape index (κ3) is 2.46. The summed E-state index contributed by atoms with van der Waals surface area (Å²) in [6.07, 6.45) is 5.97. The van der Waals surface area contributed by atoms with E-state index in [1.54, 1.807) is 19.5 Å². The lowest BCUT2D eigenvalue weighted by Crippen LogP contribution is -2.68. The maximum Gasteiger partial charge on any atom is 0.109 e. The highest BCUT2D eigenvalue weighted by Crippen LogP contribution is 2.64. The standard InChI is InChI=1S/C20H32O4/c1-13-5-9-19(3)16(11-15(21)17(22)20(19,4)23)18(13,2)8-6-14-7-10-24-12-14/h7,10,12-13,15-17,21-23H,5-6,8-9,11H2,1-4H3/t13-,15-,16-,17-,18+,19-,20+/m1/s1. The molecule has 0 unspecified atom stereocenters. The molecule has 2 saturated carbocycles. The van der Waals surface area contributed by atoms with Crippen LogP contribution in [0.5, 0.6) is 0 Å². The molecule has 2 fully saturated rings. The van der Waals surface area contributed by atoms with E-state index in [0.717, 1.165) is 25.7 Å². The third-order valence-electron chi connectivity index (χ3n) is 7.89. The molecule has 3 N–H and O–H groups in total. The fraction of sp³-hybridized carbons (Fsp3) is 0.800. The number of fused-ring (bicyclic) bond motifs is 1. The van der Waals surface area contributed by atoms with Gasteiger partial charge in [-0.2, -0.15) is 0 Å². The number of furan rings is 1. The van der Waals surface area contributed by atoms with Gasteiger partial charge in [0.1, 0.15) is 6.10 Å². The molecule has 1 heterocycles. The van der Waals surface area contributed by atoms with Gasteiger partial charge in [-0.3, -0.25) is 0 Å². The summed E-state index contributed by atoms with van der Waals surface area (Å²) in [5, 5.41) is 31.9. The van der Waals surface area contributed by atoms with Crippen molar-refractivity contribution in [2.75, 3.05) is 0 Å². The van der Waals surface area contributed by atoms with E-state index >= 15 is 0 Å². The largest absolute Gasteiger partial charge is 0.472 e. The Bertz CT molecular complexity index is 566. The minimum atomic E-state index is -1.27. The molecule has 0 saturated heterocycles. The molecule has 136 valence electrons. The molecule has 0 amide bonds. The molecule has 2 aliphatic rings. The molecular formula is C20H32O4. The molecule has 4 nitrogen and oxygen atoms in total. The SMILES string of the molecule is C[C@@H]1CC[C@]2(C)[C@H](C[C@@H](O)[C@@H](O)[C@]2(C)O)[C@@]1(C)CCc1ccoc1. The van der Waals surface area contributed by atoms with Gasteiger partial charge in [-0.05, 0) is 67.9 Å². The first-order chi connectivity index (χ1) is 11.1. The molecule has 0 spiro atoms. The van der Waals surface area contributed by atoms with Gasteiger partial charge >= 0.3 is 0 Å². The topological polar surface area (TPSA) is 73.8 Å². The van der Waals surface area contributed by atoms with Crippen molar-refractivity contribution in [2.24, 2.45) is 22.7 Å². The van der Waals surface area contributed by atoms with Crippen LogP contribution >= 0.6 is 0 Å². The zero-order valence-electron chi connectivity index (χ0n) is 15.3. The van der Waals surface area contributed by atoms with Gasteiger partial charge in [0, 0.05) is 5.41 Å². The molecule has 2 aliphatic carbocycles. The third-order valence-corrected chi connectivity index (χ3v) is 7.89. The maximum atomic E-state index is 11.1. The molecule has 3 rings (SSSR count). The van der Waals surface area contributed by atoms with Crippen LogP contribution < -0.4 is 0 Å². The number of aryl methyl sites for hydroxylation is 1. The van der Waals surface area contributed by atoms with Crippen LogP contribution in [0.15, 0.2) is 23.0 Å². The molecule has 7 atom stereocenters. The lowest BCUT2D eigenvalue weighted by molar-refractivity contribution is -0.263. The summed E-state index contributed by atoms with van der Waals surface area (Å²) in [5.74, 6) is 0.690. The second kappa shape index (κ2) is 5.86. The zero-order chi connectivity index (χ0) is 17.8. The van der Waals surface area contributed by atoms with Crippen LogP contribution in [-0.4, -0.2) is 33.1 Å². The Hall–Kier alpha value is -0.840. The summed E-state index contributed by atoms with van der Waals surface area (Å²) in [7, 11) is 0. The summed E-state index contributed by atoms with van der Waals surface area (Å²) >= 11 is 0. The molecule has 0 aliphatic heterocycles. The Morgan fingerprint density at radius 3 is 2.58 bits per heavy atom.